The molecule has 0 spiro atoms. The van der Waals surface area contributed by atoms with E-state index in [1.807, 2.05) is 7.05 Å². The van der Waals surface area contributed by atoms with E-state index in [0.29, 0.717) is 19.1 Å². The van der Waals surface area contributed by atoms with Crippen LogP contribution in [0.2, 0.25) is 0 Å². The van der Waals surface area contributed by atoms with E-state index in [4.69, 9.17) is 9.47 Å². The minimum Gasteiger partial charge on any atom is -0.378 e. The number of carbonyl (C=O) groups excluding carboxylic acids is 1. The number of likely N-dealkylation sites (N-methyl/N-ethyl adjacent to an activating group) is 1. The quantitative estimate of drug-likeness (QED) is 0.837. The molecule has 5 nitrogen and oxygen atoms in total. The molecule has 0 unspecified atom stereocenters. The number of nitrogens with one attached hydrogen (secondary N) is 1. The highest BCUT2D eigenvalue weighted by molar-refractivity contribution is 5.81. The van der Waals surface area contributed by atoms with Gasteiger partial charge in [-0.05, 0) is 32.2 Å². The second kappa shape index (κ2) is 7.38. The van der Waals surface area contributed by atoms with Crippen molar-refractivity contribution in [3.8, 4) is 0 Å². The van der Waals surface area contributed by atoms with Gasteiger partial charge in [-0.3, -0.25) is 4.79 Å². The Morgan fingerprint density at radius 1 is 1.35 bits per heavy atom. The van der Waals surface area contributed by atoms with Gasteiger partial charge in [0, 0.05) is 25.7 Å². The van der Waals surface area contributed by atoms with E-state index in [0.717, 1.165) is 32.4 Å². The summed E-state index contributed by atoms with van der Waals surface area (Å²) in [5.74, 6) is 0.663. The van der Waals surface area contributed by atoms with Gasteiger partial charge in [0.15, 0.2) is 0 Å². The van der Waals surface area contributed by atoms with Gasteiger partial charge in [0.1, 0.15) is 6.10 Å². The molecular weight excluding hydrogens is 256 g/mol. The van der Waals surface area contributed by atoms with Crippen molar-refractivity contribution in [3.63, 3.8) is 0 Å². The average Bonchev–Trinajstić information content (AvgIpc) is 2.38. The van der Waals surface area contributed by atoms with Crippen LogP contribution in [-0.4, -0.2) is 62.4 Å². The summed E-state index contributed by atoms with van der Waals surface area (Å²) >= 11 is 0. The van der Waals surface area contributed by atoms with Crippen LogP contribution in [0.4, 0.5) is 0 Å². The molecule has 2 saturated heterocycles. The van der Waals surface area contributed by atoms with Crippen LogP contribution in [0.15, 0.2) is 0 Å². The predicted octanol–water partition coefficient (Wildman–Crippen LogP) is 1.03. The van der Waals surface area contributed by atoms with Gasteiger partial charge in [-0.25, -0.2) is 0 Å². The summed E-state index contributed by atoms with van der Waals surface area (Å²) in [6.45, 7) is 7.38. The molecule has 5 heteroatoms. The van der Waals surface area contributed by atoms with E-state index in [9.17, 15) is 4.79 Å². The minimum atomic E-state index is -0.319. The first-order valence-electron chi connectivity index (χ1n) is 7.76. The van der Waals surface area contributed by atoms with Gasteiger partial charge in [0.05, 0.1) is 12.7 Å². The fourth-order valence-electron chi connectivity index (χ4n) is 2.93. The fourth-order valence-corrected chi connectivity index (χ4v) is 2.93. The first-order valence-corrected chi connectivity index (χ1v) is 7.76. The van der Waals surface area contributed by atoms with E-state index in [2.05, 4.69) is 24.1 Å². The van der Waals surface area contributed by atoms with Gasteiger partial charge < -0.3 is 19.7 Å². The molecule has 0 aromatic carbocycles. The maximum absolute atomic E-state index is 12.2. The van der Waals surface area contributed by atoms with Crippen LogP contribution in [0.5, 0.6) is 0 Å². The Morgan fingerprint density at radius 2 is 2.15 bits per heavy atom. The second-order valence-corrected chi connectivity index (χ2v) is 6.47. The number of nitrogens with zero attached hydrogens (tertiary/aromatic N) is 1. The molecule has 0 saturated carbocycles. The predicted molar refractivity (Wildman–Crippen MR) is 77.6 cm³/mol. The largest absolute Gasteiger partial charge is 0.378 e. The third-order valence-corrected chi connectivity index (χ3v) is 4.01. The molecule has 2 aliphatic rings. The zero-order valence-electron chi connectivity index (χ0n) is 12.9. The molecule has 2 aliphatic heterocycles. The van der Waals surface area contributed by atoms with E-state index in [-0.39, 0.29) is 24.2 Å². The Hall–Kier alpha value is -0.650. The molecule has 1 N–H and O–H groups in total. The summed E-state index contributed by atoms with van der Waals surface area (Å²) in [7, 11) is 2.02. The fraction of sp³-hybridized carbons (Fsp3) is 0.933. The molecule has 3 atom stereocenters. The van der Waals surface area contributed by atoms with E-state index in [1.54, 1.807) is 0 Å². The van der Waals surface area contributed by atoms with Crippen LogP contribution in [0.1, 0.15) is 33.1 Å². The summed E-state index contributed by atoms with van der Waals surface area (Å²) in [6.07, 6.45) is 2.86. The van der Waals surface area contributed by atoms with Crippen LogP contribution < -0.4 is 5.32 Å². The van der Waals surface area contributed by atoms with E-state index < -0.39 is 0 Å². The minimum absolute atomic E-state index is 0.0340. The smallest absolute Gasteiger partial charge is 0.250 e. The number of ether oxygens (including phenoxy) is 2. The molecule has 0 bridgehead atoms. The maximum atomic E-state index is 12.2. The first kappa shape index (κ1) is 15.7. The van der Waals surface area contributed by atoms with Crippen molar-refractivity contribution >= 4 is 5.91 Å². The number of carbonyl (C=O) groups is 1. The third kappa shape index (κ3) is 4.72. The van der Waals surface area contributed by atoms with Crippen LogP contribution in [0.3, 0.4) is 0 Å². The topological polar surface area (TPSA) is 50.8 Å². The Bertz CT molecular complexity index is 322. The van der Waals surface area contributed by atoms with Crippen LogP contribution in [0.25, 0.3) is 0 Å². The standard InChI is InChI=1S/C15H28N2O3/c1-11(2)8-13-9-12(4-6-19-13)16-15(18)14-10-17(3)5-7-20-14/h11-14H,4-10H2,1-3H3,(H,16,18)/t12-,13-,14-/m1/s1. The van der Waals surface area contributed by atoms with Gasteiger partial charge in [0.25, 0.3) is 5.91 Å². The molecule has 20 heavy (non-hydrogen) atoms. The van der Waals surface area contributed by atoms with Crippen LogP contribution in [0, 0.1) is 5.92 Å². The Morgan fingerprint density at radius 3 is 2.85 bits per heavy atom. The number of hydrogen-bond donors (Lipinski definition) is 1. The SMILES string of the molecule is CC(C)C[C@@H]1C[C@H](NC(=O)[C@H]2CN(C)CCO2)CCO1. The monoisotopic (exact) mass is 284 g/mol. The molecule has 1 amide bonds. The first-order chi connectivity index (χ1) is 9.54. The lowest BCUT2D eigenvalue weighted by Gasteiger charge is -2.34. The van der Waals surface area contributed by atoms with Crippen molar-refractivity contribution < 1.29 is 14.3 Å². The van der Waals surface area contributed by atoms with Crippen molar-refractivity contribution in [2.24, 2.45) is 5.92 Å². The van der Waals surface area contributed by atoms with Crippen molar-refractivity contribution in [2.45, 2.75) is 51.4 Å². The van der Waals surface area contributed by atoms with Crippen LogP contribution >= 0.6 is 0 Å². The molecule has 0 aromatic rings. The van der Waals surface area contributed by atoms with E-state index >= 15 is 0 Å². The number of morpholine rings is 1. The number of rotatable bonds is 4. The molecule has 2 fully saturated rings. The lowest BCUT2D eigenvalue weighted by Crippen LogP contribution is -2.52. The summed E-state index contributed by atoms with van der Waals surface area (Å²) in [6, 6.07) is 0.232. The molecule has 0 aromatic heterocycles. The summed E-state index contributed by atoms with van der Waals surface area (Å²) in [5.41, 5.74) is 0. The normalized spacial score (nSPS) is 32.3. The highest BCUT2D eigenvalue weighted by Crippen LogP contribution is 2.20. The Balaban J connectivity index is 1.78. The molecule has 2 heterocycles. The van der Waals surface area contributed by atoms with E-state index in [1.165, 1.54) is 0 Å². The Kier molecular flexibility index (Phi) is 5.81. The molecule has 2 rings (SSSR count). The maximum Gasteiger partial charge on any atom is 0.250 e. The Labute approximate surface area is 122 Å². The van der Waals surface area contributed by atoms with Crippen molar-refractivity contribution in [1.29, 1.82) is 0 Å². The summed E-state index contributed by atoms with van der Waals surface area (Å²) in [4.78, 5) is 14.4. The highest BCUT2D eigenvalue weighted by Gasteiger charge is 2.29. The van der Waals surface area contributed by atoms with Gasteiger partial charge in [0.2, 0.25) is 0 Å². The van der Waals surface area contributed by atoms with Gasteiger partial charge in [-0.1, -0.05) is 13.8 Å². The zero-order valence-corrected chi connectivity index (χ0v) is 12.9. The van der Waals surface area contributed by atoms with Gasteiger partial charge in [-0.15, -0.1) is 0 Å². The highest BCUT2D eigenvalue weighted by atomic mass is 16.5. The van der Waals surface area contributed by atoms with Crippen LogP contribution in [-0.2, 0) is 14.3 Å². The van der Waals surface area contributed by atoms with Crippen molar-refractivity contribution in [3.05, 3.63) is 0 Å². The third-order valence-electron chi connectivity index (χ3n) is 4.01. The van der Waals surface area contributed by atoms with Gasteiger partial charge >= 0.3 is 0 Å². The summed E-state index contributed by atoms with van der Waals surface area (Å²) < 4.78 is 11.3. The van der Waals surface area contributed by atoms with Crippen molar-refractivity contribution in [2.75, 3.05) is 33.4 Å². The van der Waals surface area contributed by atoms with Gasteiger partial charge in [-0.2, -0.15) is 0 Å². The molecule has 0 radical (unpaired) electrons. The lowest BCUT2D eigenvalue weighted by molar-refractivity contribution is -0.139. The average molecular weight is 284 g/mol. The molecular formula is C15H28N2O3. The van der Waals surface area contributed by atoms with Crippen molar-refractivity contribution in [1.82, 2.24) is 10.2 Å². The molecule has 116 valence electrons. The number of hydrogen-bond acceptors (Lipinski definition) is 4. The molecule has 0 aliphatic carbocycles. The second-order valence-electron chi connectivity index (χ2n) is 6.47. The summed E-state index contributed by atoms with van der Waals surface area (Å²) in [5, 5.41) is 3.14. The lowest BCUT2D eigenvalue weighted by atomic mass is 9.96. The zero-order chi connectivity index (χ0) is 14.5. The number of amides is 1.